The molecule has 0 saturated carbocycles. The van der Waals surface area contributed by atoms with E-state index in [-0.39, 0.29) is 5.69 Å². The van der Waals surface area contributed by atoms with Crippen LogP contribution < -0.4 is 4.74 Å². The highest BCUT2D eigenvalue weighted by molar-refractivity contribution is 7.98. The van der Waals surface area contributed by atoms with Gasteiger partial charge in [-0.05, 0) is 62.0 Å². The van der Waals surface area contributed by atoms with Crippen LogP contribution in [0.1, 0.15) is 45.2 Å². The molecule has 282 valence electrons. The second kappa shape index (κ2) is 15.4. The molecule has 5 heterocycles. The minimum atomic E-state index is -0.968. The van der Waals surface area contributed by atoms with Crippen LogP contribution in [0.4, 0.5) is 0 Å². The van der Waals surface area contributed by atoms with E-state index in [1.807, 2.05) is 54.5 Å². The summed E-state index contributed by atoms with van der Waals surface area (Å²) >= 11 is 8.95. The predicted molar refractivity (Wildman–Crippen MR) is 214 cm³/mol. The van der Waals surface area contributed by atoms with Gasteiger partial charge in [-0.2, -0.15) is 10.2 Å². The van der Waals surface area contributed by atoms with Crippen LogP contribution in [0.15, 0.2) is 59.5 Å². The molecule has 0 radical (unpaired) electrons. The summed E-state index contributed by atoms with van der Waals surface area (Å²) in [6.45, 7) is 8.49. The highest BCUT2D eigenvalue weighted by Gasteiger charge is 2.28. The second-order valence-corrected chi connectivity index (χ2v) is 15.9. The Balaban J connectivity index is 1.25. The van der Waals surface area contributed by atoms with Crippen LogP contribution in [0.5, 0.6) is 5.75 Å². The predicted octanol–water partition coefficient (Wildman–Crippen LogP) is 7.17. The minimum Gasteiger partial charge on any atom is -0.493 e. The van der Waals surface area contributed by atoms with Crippen LogP contribution in [-0.2, 0) is 50.6 Å². The van der Waals surface area contributed by atoms with Gasteiger partial charge in [0.2, 0.25) is 0 Å². The lowest BCUT2D eigenvalue weighted by Gasteiger charge is -2.27. The maximum absolute atomic E-state index is 13.0. The van der Waals surface area contributed by atoms with Crippen molar-refractivity contribution in [3.05, 3.63) is 93.7 Å². The molecule has 8 rings (SSSR count). The van der Waals surface area contributed by atoms with Gasteiger partial charge in [-0.3, -0.25) is 19.2 Å². The fourth-order valence-electron chi connectivity index (χ4n) is 8.14. The molecule has 54 heavy (non-hydrogen) atoms. The van der Waals surface area contributed by atoms with Crippen LogP contribution in [0.25, 0.3) is 32.8 Å². The Morgan fingerprint density at radius 3 is 2.57 bits per heavy atom. The molecule has 1 fully saturated rings. The average molecular weight is 768 g/mol. The normalized spacial score (nSPS) is 16.4. The lowest BCUT2D eigenvalue weighted by atomic mass is 9.97. The Morgan fingerprint density at radius 2 is 1.76 bits per heavy atom. The zero-order valence-electron chi connectivity index (χ0n) is 31.3. The number of morpholine rings is 1. The van der Waals surface area contributed by atoms with Crippen molar-refractivity contribution in [3.8, 4) is 16.9 Å². The third kappa shape index (κ3) is 7.13. The summed E-state index contributed by atoms with van der Waals surface area (Å²) < 4.78 is 18.0. The zero-order valence-corrected chi connectivity index (χ0v) is 32.8. The fourth-order valence-corrected chi connectivity index (χ4v) is 9.37. The first-order valence-electron chi connectivity index (χ1n) is 18.5. The van der Waals surface area contributed by atoms with Crippen molar-refractivity contribution in [2.75, 3.05) is 46.5 Å². The summed E-state index contributed by atoms with van der Waals surface area (Å²) in [7, 11) is 5.96. The van der Waals surface area contributed by atoms with E-state index in [1.165, 1.54) is 0 Å². The Kier molecular flexibility index (Phi) is 10.5. The molecule has 3 aromatic carbocycles. The Morgan fingerprint density at radius 1 is 0.944 bits per heavy atom. The summed E-state index contributed by atoms with van der Waals surface area (Å²) in [5, 5.41) is 24.3. The minimum absolute atomic E-state index is 0.265. The molecule has 6 aromatic rings. The topological polar surface area (TPSA) is 103 Å². The van der Waals surface area contributed by atoms with Gasteiger partial charge in [0.05, 0.1) is 54.0 Å². The number of carboxylic acid groups (broad SMARTS) is 1. The van der Waals surface area contributed by atoms with Gasteiger partial charge in [0.1, 0.15) is 11.4 Å². The molecule has 0 atom stereocenters. The third-order valence-electron chi connectivity index (χ3n) is 10.7. The number of hydrogen-bond donors (Lipinski definition) is 1. The number of benzene rings is 3. The Bertz CT molecular complexity index is 2360. The number of ether oxygens (including phenoxy) is 2. The van der Waals surface area contributed by atoms with Crippen LogP contribution in [0.2, 0.25) is 5.02 Å². The molecule has 2 aliphatic rings. The molecule has 13 heteroatoms. The van der Waals surface area contributed by atoms with Gasteiger partial charge in [0, 0.05) is 85.1 Å². The summed E-state index contributed by atoms with van der Waals surface area (Å²) in [5.41, 5.74) is 7.62. The first-order chi connectivity index (χ1) is 26.2. The number of carbonyl (C=O) groups is 1. The SMILES string of the molecule is Cc1nn(CCN2CCOCC2)c2c1-c1c(Cl)ccc3c(c(C(=O)O)n(C)c13)CCCOc1cc(cc3ccccc13)SCc1cc(nn1C)CN(C)C2. The number of aromatic carboxylic acids is 1. The largest absolute Gasteiger partial charge is 0.493 e. The number of aryl methyl sites for hydroxylation is 4. The van der Waals surface area contributed by atoms with E-state index < -0.39 is 5.97 Å². The van der Waals surface area contributed by atoms with Crippen molar-refractivity contribution in [1.82, 2.24) is 33.9 Å². The van der Waals surface area contributed by atoms with Crippen LogP contribution >= 0.6 is 23.4 Å². The first-order valence-corrected chi connectivity index (χ1v) is 19.9. The van der Waals surface area contributed by atoms with E-state index in [0.717, 1.165) is 110 Å². The van der Waals surface area contributed by atoms with Crippen molar-refractivity contribution in [2.45, 2.75) is 50.0 Å². The van der Waals surface area contributed by atoms with Gasteiger partial charge in [0.25, 0.3) is 0 Å². The van der Waals surface area contributed by atoms with Gasteiger partial charge < -0.3 is 19.1 Å². The van der Waals surface area contributed by atoms with Crippen molar-refractivity contribution in [2.24, 2.45) is 14.1 Å². The summed E-state index contributed by atoms with van der Waals surface area (Å²) in [6.07, 6.45) is 1.16. The number of nitrogens with zero attached hydrogens (tertiary/aromatic N) is 7. The van der Waals surface area contributed by atoms with E-state index in [2.05, 4.69) is 51.9 Å². The molecule has 11 nitrogen and oxygen atoms in total. The smallest absolute Gasteiger partial charge is 0.352 e. The molecule has 0 spiro atoms. The van der Waals surface area contributed by atoms with Gasteiger partial charge >= 0.3 is 5.97 Å². The van der Waals surface area contributed by atoms with Gasteiger partial charge in [-0.25, -0.2) is 4.79 Å². The molecule has 8 bridgehead atoms. The van der Waals surface area contributed by atoms with Crippen LogP contribution in [0, 0.1) is 6.92 Å². The number of fused-ring (bicyclic) bond motifs is 8. The molecule has 3 aromatic heterocycles. The van der Waals surface area contributed by atoms with Gasteiger partial charge in [-0.1, -0.05) is 41.9 Å². The van der Waals surface area contributed by atoms with Crippen molar-refractivity contribution < 1.29 is 19.4 Å². The van der Waals surface area contributed by atoms with Gasteiger partial charge in [-0.15, -0.1) is 11.8 Å². The quantitative estimate of drug-likeness (QED) is 0.200. The van der Waals surface area contributed by atoms with Gasteiger partial charge in [0.15, 0.2) is 0 Å². The molecule has 0 aliphatic carbocycles. The maximum atomic E-state index is 13.0. The van der Waals surface area contributed by atoms with E-state index in [0.29, 0.717) is 44.1 Å². The van der Waals surface area contributed by atoms with E-state index in [1.54, 1.807) is 11.8 Å². The van der Waals surface area contributed by atoms with E-state index in [9.17, 15) is 9.90 Å². The summed E-state index contributed by atoms with van der Waals surface area (Å²) in [4.78, 5) is 18.8. The zero-order chi connectivity index (χ0) is 37.5. The average Bonchev–Trinajstić information content (AvgIpc) is 3.76. The standard InChI is InChI=1S/C41H46ClN7O4S/c1-26-37-35(49(43-26)14-13-48-15-18-52-19-16-48)24-45(2)23-28-21-29(47(4)44-28)25-54-30-20-27-8-5-6-9-31(27)36(22-30)53-17-7-10-32-33-11-12-34(42)38(37)39(33)46(3)40(32)41(50)51/h5-6,8-9,11-12,20-22H,7,10,13-19,23-25H2,1-4H3,(H,50,51). The molecule has 1 saturated heterocycles. The Hall–Kier alpha value is -4.33. The maximum Gasteiger partial charge on any atom is 0.352 e. The molecule has 2 aliphatic heterocycles. The van der Waals surface area contributed by atoms with Crippen LogP contribution in [0.3, 0.4) is 0 Å². The second-order valence-electron chi connectivity index (χ2n) is 14.4. The number of hydrogen-bond acceptors (Lipinski definition) is 8. The number of aromatic nitrogens is 5. The lowest BCUT2D eigenvalue weighted by molar-refractivity contribution is 0.0358. The van der Waals surface area contributed by atoms with E-state index in [4.69, 9.17) is 31.3 Å². The summed E-state index contributed by atoms with van der Waals surface area (Å²) in [5.74, 6) is 0.622. The van der Waals surface area contributed by atoms with Crippen molar-refractivity contribution >= 4 is 51.0 Å². The summed E-state index contributed by atoms with van der Waals surface area (Å²) in [6, 6.07) is 18.7. The van der Waals surface area contributed by atoms with Crippen molar-refractivity contribution in [1.29, 1.82) is 0 Å². The lowest BCUT2D eigenvalue weighted by Crippen LogP contribution is -2.38. The number of halogens is 1. The monoisotopic (exact) mass is 767 g/mol. The Labute approximate surface area is 324 Å². The van der Waals surface area contributed by atoms with Crippen molar-refractivity contribution in [3.63, 3.8) is 0 Å². The highest BCUT2D eigenvalue weighted by atomic mass is 35.5. The van der Waals surface area contributed by atoms with E-state index >= 15 is 0 Å². The molecule has 0 amide bonds. The first kappa shape index (κ1) is 36.6. The number of thioether (sulfide) groups is 1. The molecular weight excluding hydrogens is 722 g/mol. The molecule has 1 N–H and O–H groups in total. The molecular formula is C41H46ClN7O4S. The third-order valence-corrected chi connectivity index (χ3v) is 12.0. The van der Waals surface area contributed by atoms with Crippen LogP contribution in [-0.4, -0.2) is 91.5 Å². The highest BCUT2D eigenvalue weighted by Crippen LogP contribution is 2.42. The fraction of sp³-hybridized carbons (Fsp3) is 0.390. The molecule has 0 unspecified atom stereocenters. The number of carboxylic acids is 1. The number of rotatable bonds is 4.